The number of nitrogens with zero attached hydrogens (tertiary/aromatic N) is 1. The molecule has 0 radical (unpaired) electrons. The molecule has 3 atom stereocenters. The van der Waals surface area contributed by atoms with Crippen LogP contribution in [0.15, 0.2) is 15.8 Å². The highest BCUT2D eigenvalue weighted by Crippen LogP contribution is 2.33. The first kappa shape index (κ1) is 12.8. The van der Waals surface area contributed by atoms with E-state index >= 15 is 0 Å². The molecule has 0 spiro atoms. The average Bonchev–Trinajstić information content (AvgIpc) is 2.70. The molecule has 0 bridgehead atoms. The summed E-state index contributed by atoms with van der Waals surface area (Å²) in [6.45, 7) is -0.103. The maximum Gasteiger partial charge on any atom is 0.328 e. The first-order valence-electron chi connectivity index (χ1n) is 5.89. The van der Waals surface area contributed by atoms with Crippen LogP contribution >= 0.6 is 0 Å². The number of H-pyrrole nitrogens is 1. The van der Waals surface area contributed by atoms with Gasteiger partial charge in [0.15, 0.2) is 0 Å². The van der Waals surface area contributed by atoms with E-state index in [2.05, 4.69) is 10.3 Å². The number of hydrogen-bond donors (Lipinski definition) is 4. The molecular weight excluding hydrogens is 238 g/mol. The number of aliphatic hydroxyl groups excluding tert-OH is 2. The fourth-order valence-electron chi connectivity index (χ4n) is 2.43. The van der Waals surface area contributed by atoms with E-state index in [-0.39, 0.29) is 18.6 Å². The van der Waals surface area contributed by atoms with Crippen molar-refractivity contribution < 1.29 is 10.2 Å². The van der Waals surface area contributed by atoms with Crippen LogP contribution in [0.25, 0.3) is 0 Å². The molecule has 1 aromatic rings. The van der Waals surface area contributed by atoms with E-state index in [1.165, 1.54) is 10.8 Å². The van der Waals surface area contributed by atoms with Crippen LogP contribution in [0.1, 0.15) is 18.9 Å². The number of hydrogen-bond acceptors (Lipinski definition) is 5. The molecule has 1 aromatic heterocycles. The van der Waals surface area contributed by atoms with E-state index in [0.717, 1.165) is 0 Å². The molecule has 1 aliphatic rings. The maximum atomic E-state index is 11.7. The Morgan fingerprint density at radius 1 is 1.50 bits per heavy atom. The summed E-state index contributed by atoms with van der Waals surface area (Å²) in [5.41, 5.74) is -0.651. The maximum absolute atomic E-state index is 11.7. The molecule has 1 aliphatic carbocycles. The summed E-state index contributed by atoms with van der Waals surface area (Å²) in [7, 11) is 1.60. The Kier molecular flexibility index (Phi) is 3.53. The Bertz CT molecular complexity index is 536. The molecule has 0 aliphatic heterocycles. The third-order valence-electron chi connectivity index (χ3n) is 3.50. The number of aromatic nitrogens is 2. The van der Waals surface area contributed by atoms with Crippen molar-refractivity contribution in [3.05, 3.63) is 27.0 Å². The van der Waals surface area contributed by atoms with Crippen LogP contribution in [0.5, 0.6) is 0 Å². The zero-order valence-corrected chi connectivity index (χ0v) is 10.1. The summed E-state index contributed by atoms with van der Waals surface area (Å²) in [6, 6.07) is -0.200. The van der Waals surface area contributed by atoms with Crippen LogP contribution in [0.4, 0.5) is 5.69 Å². The largest absolute Gasteiger partial charge is 0.396 e. The second-order valence-electron chi connectivity index (χ2n) is 4.59. The van der Waals surface area contributed by atoms with Gasteiger partial charge in [0.25, 0.3) is 5.56 Å². The van der Waals surface area contributed by atoms with Crippen LogP contribution in [0, 0.1) is 5.92 Å². The summed E-state index contributed by atoms with van der Waals surface area (Å²) in [4.78, 5) is 25.4. The van der Waals surface area contributed by atoms with Gasteiger partial charge in [-0.25, -0.2) is 4.79 Å². The molecule has 3 unspecified atom stereocenters. The van der Waals surface area contributed by atoms with Gasteiger partial charge in [0, 0.05) is 31.8 Å². The monoisotopic (exact) mass is 255 g/mol. The molecule has 4 N–H and O–H groups in total. The molecule has 0 aromatic carbocycles. The highest BCUT2D eigenvalue weighted by Gasteiger charge is 2.34. The minimum atomic E-state index is -0.614. The van der Waals surface area contributed by atoms with Gasteiger partial charge in [-0.2, -0.15) is 0 Å². The van der Waals surface area contributed by atoms with Crippen molar-refractivity contribution in [2.24, 2.45) is 5.92 Å². The van der Waals surface area contributed by atoms with Gasteiger partial charge in [0.2, 0.25) is 0 Å². The molecule has 7 heteroatoms. The summed E-state index contributed by atoms with van der Waals surface area (Å²) in [5, 5.41) is 21.5. The number of aromatic amines is 1. The standard InChI is InChI=1S/C11H17N3O4/c1-12-8-4-14(11(18)13-10(8)17)7-2-6(5-15)9(16)3-7/h4,6-7,9,12,15-16H,2-3,5H2,1H3,(H,13,17,18). The fourth-order valence-corrected chi connectivity index (χ4v) is 2.43. The van der Waals surface area contributed by atoms with Crippen molar-refractivity contribution in [3.8, 4) is 0 Å². The van der Waals surface area contributed by atoms with E-state index < -0.39 is 17.4 Å². The molecule has 1 heterocycles. The lowest BCUT2D eigenvalue weighted by atomic mass is 10.1. The van der Waals surface area contributed by atoms with Crippen LogP contribution in [-0.2, 0) is 0 Å². The van der Waals surface area contributed by atoms with Crippen molar-refractivity contribution in [1.29, 1.82) is 0 Å². The molecule has 2 rings (SSSR count). The van der Waals surface area contributed by atoms with Gasteiger partial charge in [0.1, 0.15) is 5.69 Å². The SMILES string of the molecule is CNc1cn(C2CC(O)C(CO)C2)c(=O)[nH]c1=O. The van der Waals surface area contributed by atoms with Gasteiger partial charge in [-0.15, -0.1) is 0 Å². The second kappa shape index (κ2) is 4.95. The molecule has 100 valence electrons. The van der Waals surface area contributed by atoms with E-state index in [1.807, 2.05) is 0 Å². The van der Waals surface area contributed by atoms with Gasteiger partial charge in [-0.05, 0) is 12.8 Å². The van der Waals surface area contributed by atoms with Crippen molar-refractivity contribution in [2.45, 2.75) is 25.0 Å². The number of nitrogens with one attached hydrogen (secondary N) is 2. The van der Waals surface area contributed by atoms with Gasteiger partial charge < -0.3 is 15.5 Å². The fraction of sp³-hybridized carbons (Fsp3) is 0.636. The normalized spacial score (nSPS) is 27.4. The molecule has 1 fully saturated rings. The number of anilines is 1. The van der Waals surface area contributed by atoms with E-state index in [9.17, 15) is 14.7 Å². The lowest BCUT2D eigenvalue weighted by Gasteiger charge is -2.14. The molecule has 0 saturated heterocycles. The number of rotatable bonds is 3. The summed E-state index contributed by atoms with van der Waals surface area (Å²) in [6.07, 6.45) is 1.77. The summed E-state index contributed by atoms with van der Waals surface area (Å²) in [5.74, 6) is -0.216. The molecule has 1 saturated carbocycles. The minimum absolute atomic E-state index is 0.103. The topological polar surface area (TPSA) is 107 Å². The van der Waals surface area contributed by atoms with Crippen molar-refractivity contribution in [1.82, 2.24) is 9.55 Å². The third kappa shape index (κ3) is 2.19. The Labute approximate surface area is 103 Å². The predicted molar refractivity (Wildman–Crippen MR) is 65.7 cm³/mol. The van der Waals surface area contributed by atoms with E-state index in [1.54, 1.807) is 7.05 Å². The van der Waals surface area contributed by atoms with Gasteiger partial charge in [0.05, 0.1) is 6.10 Å². The predicted octanol–water partition coefficient (Wildman–Crippen LogP) is -1.12. The number of aliphatic hydroxyl groups is 2. The highest BCUT2D eigenvalue weighted by atomic mass is 16.3. The molecule has 0 amide bonds. The van der Waals surface area contributed by atoms with E-state index in [4.69, 9.17) is 5.11 Å². The molecule has 18 heavy (non-hydrogen) atoms. The summed E-state index contributed by atoms with van der Waals surface area (Å²) < 4.78 is 1.41. The Morgan fingerprint density at radius 3 is 2.78 bits per heavy atom. The Balaban J connectivity index is 2.35. The van der Waals surface area contributed by atoms with Crippen LogP contribution < -0.4 is 16.6 Å². The van der Waals surface area contributed by atoms with Crippen LogP contribution in [-0.4, -0.2) is 39.5 Å². The first-order valence-corrected chi connectivity index (χ1v) is 5.89. The lowest BCUT2D eigenvalue weighted by Crippen LogP contribution is -2.32. The Morgan fingerprint density at radius 2 is 2.22 bits per heavy atom. The highest BCUT2D eigenvalue weighted by molar-refractivity contribution is 5.36. The quantitative estimate of drug-likeness (QED) is 0.547. The van der Waals surface area contributed by atoms with Crippen molar-refractivity contribution in [3.63, 3.8) is 0 Å². The van der Waals surface area contributed by atoms with Gasteiger partial charge in [-0.3, -0.25) is 14.3 Å². The van der Waals surface area contributed by atoms with Crippen LogP contribution in [0.3, 0.4) is 0 Å². The average molecular weight is 255 g/mol. The third-order valence-corrected chi connectivity index (χ3v) is 3.50. The van der Waals surface area contributed by atoms with Crippen molar-refractivity contribution in [2.75, 3.05) is 19.0 Å². The zero-order chi connectivity index (χ0) is 13.3. The molecular formula is C11H17N3O4. The second-order valence-corrected chi connectivity index (χ2v) is 4.59. The summed E-state index contributed by atoms with van der Waals surface area (Å²) >= 11 is 0. The Hall–Kier alpha value is -1.60. The van der Waals surface area contributed by atoms with E-state index in [0.29, 0.717) is 18.5 Å². The zero-order valence-electron chi connectivity index (χ0n) is 10.1. The smallest absolute Gasteiger partial charge is 0.328 e. The van der Waals surface area contributed by atoms with Crippen LogP contribution in [0.2, 0.25) is 0 Å². The van der Waals surface area contributed by atoms with Gasteiger partial charge in [-0.1, -0.05) is 0 Å². The lowest BCUT2D eigenvalue weighted by molar-refractivity contribution is 0.0906. The van der Waals surface area contributed by atoms with Gasteiger partial charge >= 0.3 is 5.69 Å². The van der Waals surface area contributed by atoms with Crippen molar-refractivity contribution >= 4 is 5.69 Å². The first-order chi connectivity index (χ1) is 8.56. The minimum Gasteiger partial charge on any atom is -0.396 e. The molecule has 7 nitrogen and oxygen atoms in total.